The predicted molar refractivity (Wildman–Crippen MR) is 85.9 cm³/mol. The first kappa shape index (κ1) is 13.5. The van der Waals surface area contributed by atoms with Crippen molar-refractivity contribution in [2.45, 2.75) is 25.0 Å². The Kier molecular flexibility index (Phi) is 3.41. The SMILES string of the molecule is O=C1C2CCC(c3ccccc3)NC2NN1c1ccccc1. The summed E-state index contributed by atoms with van der Waals surface area (Å²) in [5.41, 5.74) is 5.52. The molecule has 0 aliphatic carbocycles. The molecule has 2 saturated heterocycles. The van der Waals surface area contributed by atoms with Crippen molar-refractivity contribution in [1.82, 2.24) is 10.7 Å². The highest BCUT2D eigenvalue weighted by Gasteiger charge is 2.44. The van der Waals surface area contributed by atoms with Gasteiger partial charge in [0, 0.05) is 6.04 Å². The molecule has 2 aliphatic rings. The summed E-state index contributed by atoms with van der Waals surface area (Å²) in [4.78, 5) is 12.6. The van der Waals surface area contributed by atoms with Crippen LogP contribution in [0.3, 0.4) is 0 Å². The highest BCUT2D eigenvalue weighted by atomic mass is 16.2. The number of fused-ring (bicyclic) bond motifs is 1. The van der Waals surface area contributed by atoms with Gasteiger partial charge < -0.3 is 0 Å². The summed E-state index contributed by atoms with van der Waals surface area (Å²) in [6.45, 7) is 0. The number of rotatable bonds is 2. The number of hydrazine groups is 1. The second kappa shape index (κ2) is 5.55. The van der Waals surface area contributed by atoms with E-state index in [9.17, 15) is 4.79 Å². The van der Waals surface area contributed by atoms with Gasteiger partial charge in [-0.05, 0) is 30.5 Å². The third kappa shape index (κ3) is 2.30. The molecule has 2 N–H and O–H groups in total. The van der Waals surface area contributed by atoms with Crippen LogP contribution in [0.15, 0.2) is 60.7 Å². The van der Waals surface area contributed by atoms with Crippen molar-refractivity contribution in [3.05, 3.63) is 66.2 Å². The van der Waals surface area contributed by atoms with E-state index in [2.05, 4.69) is 35.0 Å². The van der Waals surface area contributed by atoms with E-state index < -0.39 is 0 Å². The molecule has 0 bridgehead atoms. The molecule has 3 atom stereocenters. The van der Waals surface area contributed by atoms with Crippen LogP contribution < -0.4 is 15.8 Å². The zero-order valence-corrected chi connectivity index (χ0v) is 12.3. The molecular weight excluding hydrogens is 274 g/mol. The Morgan fingerprint density at radius 3 is 2.32 bits per heavy atom. The molecule has 4 heteroatoms. The highest BCUT2D eigenvalue weighted by Crippen LogP contribution is 2.33. The second-order valence-electron chi connectivity index (χ2n) is 5.93. The Hall–Kier alpha value is -2.17. The monoisotopic (exact) mass is 293 g/mol. The van der Waals surface area contributed by atoms with Gasteiger partial charge in [0.05, 0.1) is 17.8 Å². The quantitative estimate of drug-likeness (QED) is 0.894. The van der Waals surface area contributed by atoms with Crippen LogP contribution in [0.2, 0.25) is 0 Å². The molecule has 2 aliphatic heterocycles. The Morgan fingerprint density at radius 2 is 1.59 bits per heavy atom. The van der Waals surface area contributed by atoms with Gasteiger partial charge >= 0.3 is 0 Å². The minimum Gasteiger partial charge on any atom is -0.293 e. The largest absolute Gasteiger partial charge is 0.293 e. The number of carbonyl (C=O) groups is 1. The maximum Gasteiger partial charge on any atom is 0.247 e. The third-order valence-corrected chi connectivity index (χ3v) is 4.57. The number of amides is 1. The molecule has 4 rings (SSSR count). The molecule has 0 saturated carbocycles. The van der Waals surface area contributed by atoms with Gasteiger partial charge in [0.2, 0.25) is 5.91 Å². The van der Waals surface area contributed by atoms with Crippen LogP contribution in [0.25, 0.3) is 0 Å². The normalized spacial score (nSPS) is 27.7. The minimum atomic E-state index is 0.00617. The minimum absolute atomic E-state index is 0.00617. The van der Waals surface area contributed by atoms with Crippen molar-refractivity contribution in [2.75, 3.05) is 5.01 Å². The standard InChI is InChI=1S/C18H19N3O/c22-18-15-11-12-16(13-7-3-1-4-8-13)19-17(15)20-21(18)14-9-5-2-6-10-14/h1-10,15-17,19-20H,11-12H2. The van der Waals surface area contributed by atoms with Crippen molar-refractivity contribution in [2.24, 2.45) is 5.92 Å². The molecule has 0 aromatic heterocycles. The summed E-state index contributed by atoms with van der Waals surface area (Å²) in [6, 6.07) is 20.5. The van der Waals surface area contributed by atoms with Crippen LogP contribution >= 0.6 is 0 Å². The van der Waals surface area contributed by atoms with Crippen LogP contribution in [-0.2, 0) is 4.79 Å². The lowest BCUT2D eigenvalue weighted by molar-refractivity contribution is -0.121. The number of nitrogens with one attached hydrogen (secondary N) is 2. The number of hydrogen-bond donors (Lipinski definition) is 2. The summed E-state index contributed by atoms with van der Waals surface area (Å²) in [7, 11) is 0. The predicted octanol–water partition coefficient (Wildman–Crippen LogP) is 2.60. The third-order valence-electron chi connectivity index (χ3n) is 4.57. The Labute approximate surface area is 130 Å². The first-order chi connectivity index (χ1) is 10.8. The summed E-state index contributed by atoms with van der Waals surface area (Å²) < 4.78 is 0. The maximum atomic E-state index is 12.6. The lowest BCUT2D eigenvalue weighted by atomic mass is 9.89. The van der Waals surface area contributed by atoms with Gasteiger partial charge in [-0.15, -0.1) is 0 Å². The molecule has 2 aromatic rings. The van der Waals surface area contributed by atoms with Crippen LogP contribution in [0.5, 0.6) is 0 Å². The molecule has 2 heterocycles. The Morgan fingerprint density at radius 1 is 0.909 bits per heavy atom. The van der Waals surface area contributed by atoms with Crippen LogP contribution in [0.4, 0.5) is 5.69 Å². The van der Waals surface area contributed by atoms with Crippen molar-refractivity contribution in [3.63, 3.8) is 0 Å². The molecule has 1 amide bonds. The molecule has 112 valence electrons. The lowest BCUT2D eigenvalue weighted by Gasteiger charge is -2.31. The van der Waals surface area contributed by atoms with Gasteiger partial charge in [-0.2, -0.15) is 0 Å². The first-order valence-corrected chi connectivity index (χ1v) is 7.79. The second-order valence-corrected chi connectivity index (χ2v) is 5.93. The van der Waals surface area contributed by atoms with Gasteiger partial charge in [0.15, 0.2) is 0 Å². The van der Waals surface area contributed by atoms with E-state index in [0.29, 0.717) is 6.04 Å². The van der Waals surface area contributed by atoms with Crippen molar-refractivity contribution >= 4 is 11.6 Å². The van der Waals surface area contributed by atoms with Crippen molar-refractivity contribution in [3.8, 4) is 0 Å². The molecule has 0 spiro atoms. The lowest BCUT2D eigenvalue weighted by Crippen LogP contribution is -2.49. The number of anilines is 1. The molecule has 22 heavy (non-hydrogen) atoms. The van der Waals surface area contributed by atoms with Crippen LogP contribution in [0, 0.1) is 5.92 Å². The molecule has 2 aromatic carbocycles. The average molecular weight is 293 g/mol. The van der Waals surface area contributed by atoms with Gasteiger partial charge in [0.1, 0.15) is 0 Å². The fourth-order valence-electron chi connectivity index (χ4n) is 3.42. The van der Waals surface area contributed by atoms with E-state index in [1.807, 2.05) is 36.4 Å². The number of para-hydroxylation sites is 1. The molecule has 3 unspecified atom stereocenters. The maximum absolute atomic E-state index is 12.6. The van der Waals surface area contributed by atoms with Gasteiger partial charge in [0.25, 0.3) is 0 Å². The Balaban J connectivity index is 1.53. The average Bonchev–Trinajstić information content (AvgIpc) is 2.93. The summed E-state index contributed by atoms with van der Waals surface area (Å²) in [5.74, 6) is 0.176. The molecule has 0 radical (unpaired) electrons. The number of carbonyl (C=O) groups excluding carboxylic acids is 1. The summed E-state index contributed by atoms with van der Waals surface area (Å²) in [5, 5.41) is 5.28. The van der Waals surface area contributed by atoms with Crippen molar-refractivity contribution in [1.29, 1.82) is 0 Å². The van der Waals surface area contributed by atoms with Gasteiger partial charge in [-0.25, -0.2) is 10.4 Å². The van der Waals surface area contributed by atoms with Gasteiger partial charge in [-0.1, -0.05) is 48.5 Å². The van der Waals surface area contributed by atoms with E-state index in [1.54, 1.807) is 5.01 Å². The van der Waals surface area contributed by atoms with E-state index >= 15 is 0 Å². The number of hydrogen-bond acceptors (Lipinski definition) is 3. The van der Waals surface area contributed by atoms with Crippen LogP contribution in [0.1, 0.15) is 24.4 Å². The summed E-state index contributed by atoms with van der Waals surface area (Å²) in [6.07, 6.45) is 1.90. The van der Waals surface area contributed by atoms with E-state index in [4.69, 9.17) is 0 Å². The fraction of sp³-hybridized carbons (Fsp3) is 0.278. The number of benzene rings is 2. The Bertz CT molecular complexity index is 659. The molecule has 2 fully saturated rings. The number of nitrogens with zero attached hydrogens (tertiary/aromatic N) is 1. The van der Waals surface area contributed by atoms with Crippen LogP contribution in [-0.4, -0.2) is 12.1 Å². The van der Waals surface area contributed by atoms with E-state index in [-0.39, 0.29) is 18.0 Å². The molecule has 4 nitrogen and oxygen atoms in total. The zero-order valence-electron chi connectivity index (χ0n) is 12.3. The zero-order chi connectivity index (χ0) is 14.9. The fourth-order valence-corrected chi connectivity index (χ4v) is 3.42. The highest BCUT2D eigenvalue weighted by molar-refractivity contribution is 5.96. The topological polar surface area (TPSA) is 44.4 Å². The molecular formula is C18H19N3O. The summed E-state index contributed by atoms with van der Waals surface area (Å²) >= 11 is 0. The van der Waals surface area contributed by atoms with E-state index in [1.165, 1.54) is 5.56 Å². The van der Waals surface area contributed by atoms with E-state index in [0.717, 1.165) is 18.5 Å². The van der Waals surface area contributed by atoms with Crippen molar-refractivity contribution < 1.29 is 4.79 Å². The number of piperidine rings is 1. The smallest absolute Gasteiger partial charge is 0.247 e. The first-order valence-electron chi connectivity index (χ1n) is 7.79. The van der Waals surface area contributed by atoms with Gasteiger partial charge in [-0.3, -0.25) is 10.1 Å².